The Labute approximate surface area is 122 Å². The van der Waals surface area contributed by atoms with Gasteiger partial charge in [0.1, 0.15) is 4.90 Å². The molecule has 0 aliphatic carbocycles. The van der Waals surface area contributed by atoms with E-state index in [-0.39, 0.29) is 10.6 Å². The Morgan fingerprint density at radius 2 is 2.00 bits per heavy atom. The Kier molecular flexibility index (Phi) is 4.03. The zero-order valence-corrected chi connectivity index (χ0v) is 12.9. The lowest BCUT2D eigenvalue weighted by Crippen LogP contribution is -2.15. The highest BCUT2D eigenvalue weighted by Crippen LogP contribution is 2.27. The summed E-state index contributed by atoms with van der Waals surface area (Å²) in [5, 5.41) is 8.27. The largest absolute Gasteiger partial charge is 0.396 e. The summed E-state index contributed by atoms with van der Waals surface area (Å²) in [4.78, 5) is 2.38. The van der Waals surface area contributed by atoms with Gasteiger partial charge in [0.25, 0.3) is 0 Å². The minimum atomic E-state index is -3.80. The first-order valence-electron chi connectivity index (χ1n) is 6.00. The second kappa shape index (κ2) is 5.43. The quantitative estimate of drug-likeness (QED) is 0.754. The molecule has 0 saturated carbocycles. The molecule has 2 rings (SSSR count). The van der Waals surface area contributed by atoms with Crippen LogP contribution in [0.15, 0.2) is 29.2 Å². The monoisotopic (exact) mass is 311 g/mol. The number of thiophene rings is 1. The number of nitrogens with one attached hydrogen (secondary N) is 1. The molecule has 5 N–H and O–H groups in total. The van der Waals surface area contributed by atoms with Gasteiger partial charge < -0.3 is 11.1 Å². The van der Waals surface area contributed by atoms with Crippen molar-refractivity contribution < 1.29 is 8.42 Å². The summed E-state index contributed by atoms with van der Waals surface area (Å²) in [7, 11) is -3.80. The molecule has 0 bridgehead atoms. The van der Waals surface area contributed by atoms with E-state index in [0.29, 0.717) is 12.2 Å². The van der Waals surface area contributed by atoms with Crippen LogP contribution in [0.2, 0.25) is 0 Å². The molecular weight excluding hydrogens is 294 g/mol. The molecule has 2 aromatic rings. The van der Waals surface area contributed by atoms with Crippen LogP contribution in [0.25, 0.3) is 0 Å². The minimum absolute atomic E-state index is 0.0546. The van der Waals surface area contributed by atoms with Crippen LogP contribution in [-0.4, -0.2) is 8.42 Å². The normalized spacial score (nSPS) is 11.6. The van der Waals surface area contributed by atoms with Crippen molar-refractivity contribution in [1.82, 2.24) is 0 Å². The molecule has 1 aromatic heterocycles. The molecule has 0 spiro atoms. The molecule has 0 amide bonds. The average molecular weight is 311 g/mol. The van der Waals surface area contributed by atoms with E-state index in [1.165, 1.54) is 21.4 Å². The third-order valence-corrected chi connectivity index (χ3v) is 5.16. The lowest BCUT2D eigenvalue weighted by atomic mass is 10.2. The van der Waals surface area contributed by atoms with Crippen molar-refractivity contribution in [3.8, 4) is 0 Å². The Morgan fingerprint density at radius 1 is 1.30 bits per heavy atom. The number of hydrogen-bond acceptors (Lipinski definition) is 5. The van der Waals surface area contributed by atoms with Gasteiger partial charge in [-0.15, -0.1) is 11.3 Å². The highest BCUT2D eigenvalue weighted by molar-refractivity contribution is 7.89. The summed E-state index contributed by atoms with van der Waals surface area (Å²) in [6, 6.07) is 6.85. The Morgan fingerprint density at radius 3 is 2.55 bits per heavy atom. The third-order valence-electron chi connectivity index (χ3n) is 3.04. The van der Waals surface area contributed by atoms with Crippen LogP contribution in [0, 0.1) is 13.8 Å². The fraction of sp³-hybridized carbons (Fsp3) is 0.231. The van der Waals surface area contributed by atoms with Crippen molar-refractivity contribution in [2.24, 2.45) is 5.14 Å². The van der Waals surface area contributed by atoms with Crippen LogP contribution in [0.1, 0.15) is 15.3 Å². The zero-order valence-electron chi connectivity index (χ0n) is 11.3. The van der Waals surface area contributed by atoms with E-state index in [1.54, 1.807) is 23.5 Å². The van der Waals surface area contributed by atoms with Crippen molar-refractivity contribution >= 4 is 32.7 Å². The standard InChI is InChI=1S/C13H17N3O2S2/c1-8-6-10(19-9(8)2)7-16-11-4-3-5-12(13(11)14)20(15,17)18/h3-6,16H,7,14H2,1-2H3,(H2,15,17,18). The number of sulfonamides is 1. The van der Waals surface area contributed by atoms with Crippen molar-refractivity contribution in [1.29, 1.82) is 0 Å². The summed E-state index contributed by atoms with van der Waals surface area (Å²) in [5.41, 5.74) is 7.82. The molecule has 108 valence electrons. The van der Waals surface area contributed by atoms with Crippen LogP contribution in [0.3, 0.4) is 0 Å². The van der Waals surface area contributed by atoms with Crippen molar-refractivity contribution in [3.63, 3.8) is 0 Å². The van der Waals surface area contributed by atoms with E-state index in [9.17, 15) is 8.42 Å². The van der Waals surface area contributed by atoms with Gasteiger partial charge in [-0.2, -0.15) is 0 Å². The predicted molar refractivity (Wildman–Crippen MR) is 83.3 cm³/mol. The molecule has 20 heavy (non-hydrogen) atoms. The molecule has 0 aliphatic heterocycles. The zero-order chi connectivity index (χ0) is 14.9. The van der Waals surface area contributed by atoms with Crippen molar-refractivity contribution in [2.75, 3.05) is 11.1 Å². The summed E-state index contributed by atoms with van der Waals surface area (Å²) in [6.45, 7) is 4.72. The SMILES string of the molecule is Cc1cc(CNc2cccc(S(N)(=O)=O)c2N)sc1C. The molecule has 1 heterocycles. The predicted octanol–water partition coefficient (Wildman–Crippen LogP) is 2.21. The van der Waals surface area contributed by atoms with Crippen LogP contribution >= 0.6 is 11.3 Å². The van der Waals surface area contributed by atoms with E-state index >= 15 is 0 Å². The number of hydrogen-bond donors (Lipinski definition) is 3. The van der Waals surface area contributed by atoms with Crippen molar-refractivity contribution in [2.45, 2.75) is 25.3 Å². The summed E-state index contributed by atoms with van der Waals surface area (Å²) in [5.74, 6) is 0. The lowest BCUT2D eigenvalue weighted by molar-refractivity contribution is 0.598. The summed E-state index contributed by atoms with van der Waals surface area (Å²) < 4.78 is 22.8. The van der Waals surface area contributed by atoms with E-state index in [2.05, 4.69) is 25.2 Å². The third kappa shape index (κ3) is 3.12. The first-order valence-corrected chi connectivity index (χ1v) is 8.36. The molecule has 0 saturated heterocycles. The first-order chi connectivity index (χ1) is 9.29. The van der Waals surface area contributed by atoms with E-state index in [0.717, 1.165) is 0 Å². The van der Waals surface area contributed by atoms with Crippen LogP contribution < -0.4 is 16.2 Å². The number of benzene rings is 1. The molecule has 0 fully saturated rings. The lowest BCUT2D eigenvalue weighted by Gasteiger charge is -2.11. The molecule has 0 aliphatic rings. The van der Waals surface area contributed by atoms with Gasteiger partial charge in [0.05, 0.1) is 11.4 Å². The second-order valence-electron chi connectivity index (χ2n) is 4.57. The Balaban J connectivity index is 2.22. The second-order valence-corrected chi connectivity index (χ2v) is 7.44. The summed E-state index contributed by atoms with van der Waals surface area (Å²) in [6.07, 6.45) is 0. The van der Waals surface area contributed by atoms with Gasteiger partial charge >= 0.3 is 0 Å². The van der Waals surface area contributed by atoms with Crippen molar-refractivity contribution in [3.05, 3.63) is 39.6 Å². The van der Waals surface area contributed by atoms with Crippen LogP contribution in [0.4, 0.5) is 11.4 Å². The number of nitrogen functional groups attached to an aromatic ring is 1. The molecule has 5 nitrogen and oxygen atoms in total. The topological polar surface area (TPSA) is 98.2 Å². The number of nitrogens with two attached hydrogens (primary N) is 2. The first kappa shape index (κ1) is 14.8. The number of rotatable bonds is 4. The Bertz CT molecular complexity index is 717. The molecule has 0 radical (unpaired) electrons. The van der Waals surface area contributed by atoms with Gasteiger partial charge in [0.15, 0.2) is 0 Å². The average Bonchev–Trinajstić information content (AvgIpc) is 2.66. The highest BCUT2D eigenvalue weighted by Gasteiger charge is 2.14. The Hall–Kier alpha value is -1.57. The highest BCUT2D eigenvalue weighted by atomic mass is 32.2. The maximum absolute atomic E-state index is 11.4. The van der Waals surface area contributed by atoms with E-state index < -0.39 is 10.0 Å². The van der Waals surface area contributed by atoms with Gasteiger partial charge in [-0.25, -0.2) is 13.6 Å². The maximum atomic E-state index is 11.4. The number of aryl methyl sites for hydroxylation is 2. The van der Waals surface area contributed by atoms with Gasteiger partial charge in [-0.05, 0) is 37.6 Å². The van der Waals surface area contributed by atoms with E-state index in [4.69, 9.17) is 10.9 Å². The maximum Gasteiger partial charge on any atom is 0.240 e. The van der Waals surface area contributed by atoms with Gasteiger partial charge in [0, 0.05) is 16.3 Å². The van der Waals surface area contributed by atoms with Gasteiger partial charge in [-0.1, -0.05) is 6.07 Å². The van der Waals surface area contributed by atoms with Crippen LogP contribution in [-0.2, 0) is 16.6 Å². The molecular formula is C13H17N3O2S2. The molecule has 1 aromatic carbocycles. The fourth-order valence-electron chi connectivity index (χ4n) is 1.87. The van der Waals surface area contributed by atoms with Gasteiger partial charge in [0.2, 0.25) is 10.0 Å². The fourth-order valence-corrected chi connectivity index (χ4v) is 3.54. The minimum Gasteiger partial charge on any atom is -0.396 e. The number of primary sulfonamides is 1. The smallest absolute Gasteiger partial charge is 0.240 e. The van der Waals surface area contributed by atoms with E-state index in [1.807, 2.05) is 0 Å². The molecule has 0 atom stereocenters. The number of para-hydroxylation sites is 1. The van der Waals surface area contributed by atoms with Crippen LogP contribution in [0.5, 0.6) is 0 Å². The molecule has 7 heteroatoms. The number of anilines is 2. The summed E-state index contributed by atoms with van der Waals surface area (Å²) >= 11 is 1.70. The molecule has 0 unspecified atom stereocenters. The van der Waals surface area contributed by atoms with Gasteiger partial charge in [-0.3, -0.25) is 0 Å².